The number of hydrogen-bond donors (Lipinski definition) is 0. The number of aromatic nitrogens is 1. The average molecular weight is 431 g/mol. The maximum atomic E-state index is 13.3. The molecule has 114 valence electrons. The highest BCUT2D eigenvalue weighted by atomic mass is 79.9. The number of allylic oxidation sites excluding steroid dienone is 1. The van der Waals surface area contributed by atoms with Crippen molar-refractivity contribution in [3.05, 3.63) is 62.3 Å². The van der Waals surface area contributed by atoms with Crippen LogP contribution in [0.5, 0.6) is 0 Å². The predicted octanol–water partition coefficient (Wildman–Crippen LogP) is 5.40. The molecule has 1 heterocycles. The number of carbonyl (C=O) groups excluding carboxylic acids is 1. The molecule has 6 heteroatoms. The van der Waals surface area contributed by atoms with Gasteiger partial charge in [0.15, 0.2) is 0 Å². The molecule has 0 radical (unpaired) electrons. The molecule has 0 N–H and O–H groups in total. The minimum atomic E-state index is -0.672. The SMILES string of the molecule is CC(=O)C/C(=C\c1cc(F)cc(F)c1)c1nc(Br)ccc1Br. The molecule has 0 amide bonds. The van der Waals surface area contributed by atoms with Crippen molar-refractivity contribution in [2.24, 2.45) is 0 Å². The van der Waals surface area contributed by atoms with Crippen LogP contribution in [0.2, 0.25) is 0 Å². The lowest BCUT2D eigenvalue weighted by Gasteiger charge is -2.09. The van der Waals surface area contributed by atoms with Gasteiger partial charge in [-0.2, -0.15) is 0 Å². The number of rotatable bonds is 4. The van der Waals surface area contributed by atoms with E-state index in [1.54, 1.807) is 18.2 Å². The second kappa shape index (κ2) is 7.24. The molecule has 0 atom stereocenters. The zero-order valence-corrected chi connectivity index (χ0v) is 14.7. The van der Waals surface area contributed by atoms with Gasteiger partial charge in [0.25, 0.3) is 0 Å². The first-order valence-corrected chi connectivity index (χ1v) is 7.92. The Labute approximate surface area is 143 Å². The smallest absolute Gasteiger partial charge is 0.134 e. The Morgan fingerprint density at radius 2 is 1.82 bits per heavy atom. The van der Waals surface area contributed by atoms with Crippen LogP contribution < -0.4 is 0 Å². The second-order valence-corrected chi connectivity index (χ2v) is 6.38. The summed E-state index contributed by atoms with van der Waals surface area (Å²) in [4.78, 5) is 15.8. The van der Waals surface area contributed by atoms with Crippen molar-refractivity contribution < 1.29 is 13.6 Å². The number of Topliss-reactive ketones (excluding diaryl/α,β-unsaturated/α-hetero) is 1. The first-order valence-electron chi connectivity index (χ1n) is 6.33. The molecule has 0 bridgehead atoms. The molecule has 0 spiro atoms. The topological polar surface area (TPSA) is 30.0 Å². The van der Waals surface area contributed by atoms with Gasteiger partial charge in [-0.3, -0.25) is 4.79 Å². The van der Waals surface area contributed by atoms with Crippen LogP contribution in [-0.4, -0.2) is 10.8 Å². The lowest BCUT2D eigenvalue weighted by atomic mass is 10.0. The molecule has 0 saturated heterocycles. The summed E-state index contributed by atoms with van der Waals surface area (Å²) in [5, 5.41) is 0. The highest BCUT2D eigenvalue weighted by Gasteiger charge is 2.12. The standard InChI is InChI=1S/C16H11Br2F2NO/c1-9(22)4-11(16-14(17)2-3-15(18)21-16)5-10-6-12(19)8-13(20)7-10/h2-3,5-8H,4H2,1H3/b11-5+. The number of carbonyl (C=O) groups is 1. The van der Waals surface area contributed by atoms with E-state index in [0.717, 1.165) is 6.07 Å². The van der Waals surface area contributed by atoms with Crippen LogP contribution in [0.4, 0.5) is 8.78 Å². The number of benzene rings is 1. The van der Waals surface area contributed by atoms with Crippen molar-refractivity contribution in [1.29, 1.82) is 0 Å². The molecule has 22 heavy (non-hydrogen) atoms. The van der Waals surface area contributed by atoms with Crippen molar-refractivity contribution >= 4 is 49.3 Å². The molecule has 2 rings (SSSR count). The molecular formula is C16H11Br2F2NO. The first-order chi connectivity index (χ1) is 10.3. The molecule has 0 unspecified atom stereocenters. The Morgan fingerprint density at radius 1 is 1.18 bits per heavy atom. The molecule has 1 aromatic heterocycles. The fourth-order valence-electron chi connectivity index (χ4n) is 1.97. The normalized spacial score (nSPS) is 11.6. The quantitative estimate of drug-likeness (QED) is 0.607. The molecule has 1 aromatic carbocycles. The van der Waals surface area contributed by atoms with E-state index in [9.17, 15) is 13.6 Å². The lowest BCUT2D eigenvalue weighted by Crippen LogP contribution is -1.98. The summed E-state index contributed by atoms with van der Waals surface area (Å²) >= 11 is 6.66. The van der Waals surface area contributed by atoms with Crippen molar-refractivity contribution in [3.63, 3.8) is 0 Å². The maximum absolute atomic E-state index is 13.3. The van der Waals surface area contributed by atoms with Crippen LogP contribution in [0.15, 0.2) is 39.4 Å². The van der Waals surface area contributed by atoms with Crippen LogP contribution >= 0.6 is 31.9 Å². The molecule has 0 aliphatic heterocycles. The van der Waals surface area contributed by atoms with Gasteiger partial charge in [-0.15, -0.1) is 0 Å². The maximum Gasteiger partial charge on any atom is 0.134 e. The number of pyridine rings is 1. The zero-order valence-electron chi connectivity index (χ0n) is 11.5. The second-order valence-electron chi connectivity index (χ2n) is 4.72. The average Bonchev–Trinajstić information content (AvgIpc) is 2.39. The number of hydrogen-bond acceptors (Lipinski definition) is 2. The van der Waals surface area contributed by atoms with E-state index in [4.69, 9.17) is 0 Å². The molecule has 0 fully saturated rings. The molecule has 2 nitrogen and oxygen atoms in total. The number of halogens is 4. The third kappa shape index (κ3) is 4.55. The van der Waals surface area contributed by atoms with Crippen molar-refractivity contribution in [3.8, 4) is 0 Å². The van der Waals surface area contributed by atoms with Crippen LogP contribution in [0.3, 0.4) is 0 Å². The molecular weight excluding hydrogens is 420 g/mol. The predicted molar refractivity (Wildman–Crippen MR) is 89.2 cm³/mol. The number of nitrogens with zero attached hydrogens (tertiary/aromatic N) is 1. The minimum Gasteiger partial charge on any atom is -0.300 e. The van der Waals surface area contributed by atoms with E-state index in [-0.39, 0.29) is 12.2 Å². The van der Waals surface area contributed by atoms with Gasteiger partial charge < -0.3 is 0 Å². The van der Waals surface area contributed by atoms with Gasteiger partial charge in [0, 0.05) is 17.0 Å². The third-order valence-electron chi connectivity index (χ3n) is 2.78. The van der Waals surface area contributed by atoms with Gasteiger partial charge in [0.1, 0.15) is 22.0 Å². The van der Waals surface area contributed by atoms with Crippen LogP contribution in [-0.2, 0) is 4.79 Å². The van der Waals surface area contributed by atoms with Gasteiger partial charge in [-0.05, 0) is 80.3 Å². The number of ketones is 1. The molecule has 0 saturated carbocycles. The third-order valence-corrected chi connectivity index (χ3v) is 3.86. The van der Waals surface area contributed by atoms with Gasteiger partial charge in [0.05, 0.1) is 5.69 Å². The fourth-order valence-corrected chi connectivity index (χ4v) is 2.76. The molecule has 2 aromatic rings. The highest BCUT2D eigenvalue weighted by molar-refractivity contribution is 9.11. The summed E-state index contributed by atoms with van der Waals surface area (Å²) in [5.41, 5.74) is 1.46. The Kier molecular flexibility index (Phi) is 5.58. The van der Waals surface area contributed by atoms with E-state index in [1.807, 2.05) is 0 Å². The van der Waals surface area contributed by atoms with Gasteiger partial charge in [-0.25, -0.2) is 13.8 Å². The summed E-state index contributed by atoms with van der Waals surface area (Å²) in [6.45, 7) is 1.45. The zero-order chi connectivity index (χ0) is 16.3. The summed E-state index contributed by atoms with van der Waals surface area (Å²) in [5.74, 6) is -1.42. The van der Waals surface area contributed by atoms with Gasteiger partial charge in [0.2, 0.25) is 0 Å². The van der Waals surface area contributed by atoms with Crippen LogP contribution in [0.1, 0.15) is 24.6 Å². The summed E-state index contributed by atoms with van der Waals surface area (Å²) < 4.78 is 27.9. The Bertz CT molecular complexity index is 740. The summed E-state index contributed by atoms with van der Waals surface area (Å²) in [6, 6.07) is 6.74. The van der Waals surface area contributed by atoms with Crippen LogP contribution in [0.25, 0.3) is 11.6 Å². The van der Waals surface area contributed by atoms with E-state index >= 15 is 0 Å². The summed E-state index contributed by atoms with van der Waals surface area (Å²) in [6.07, 6.45) is 1.67. The monoisotopic (exact) mass is 429 g/mol. The van der Waals surface area contributed by atoms with Crippen molar-refractivity contribution in [2.75, 3.05) is 0 Å². The van der Waals surface area contributed by atoms with Crippen LogP contribution in [0, 0.1) is 11.6 Å². The lowest BCUT2D eigenvalue weighted by molar-refractivity contribution is -0.116. The van der Waals surface area contributed by atoms with E-state index in [1.165, 1.54) is 19.1 Å². The van der Waals surface area contributed by atoms with E-state index < -0.39 is 11.6 Å². The Hall–Kier alpha value is -1.40. The minimum absolute atomic E-state index is 0.0724. The van der Waals surface area contributed by atoms with Crippen molar-refractivity contribution in [2.45, 2.75) is 13.3 Å². The Morgan fingerprint density at radius 3 is 2.41 bits per heavy atom. The van der Waals surface area contributed by atoms with Crippen molar-refractivity contribution in [1.82, 2.24) is 4.98 Å². The summed E-state index contributed by atoms with van der Waals surface area (Å²) in [7, 11) is 0. The molecule has 0 aliphatic rings. The van der Waals surface area contributed by atoms with Gasteiger partial charge in [-0.1, -0.05) is 0 Å². The fraction of sp³-hybridized carbons (Fsp3) is 0.125. The first kappa shape index (κ1) is 17.0. The van der Waals surface area contributed by atoms with E-state index in [2.05, 4.69) is 36.8 Å². The Balaban J connectivity index is 2.56. The largest absolute Gasteiger partial charge is 0.300 e. The van der Waals surface area contributed by atoms with Gasteiger partial charge >= 0.3 is 0 Å². The van der Waals surface area contributed by atoms with E-state index in [0.29, 0.717) is 25.9 Å². The highest BCUT2D eigenvalue weighted by Crippen LogP contribution is 2.29. The molecule has 0 aliphatic carbocycles.